The van der Waals surface area contributed by atoms with Crippen molar-refractivity contribution < 1.29 is 9.18 Å². The third-order valence-electron chi connectivity index (χ3n) is 3.24. The minimum atomic E-state index is -0.275. The number of halogens is 1. The van der Waals surface area contributed by atoms with E-state index in [4.69, 9.17) is 5.73 Å². The SMILES string of the molecule is CC(=O)NC1CCN(c2cc(F)ccc2N)CC1. The lowest BCUT2D eigenvalue weighted by Crippen LogP contribution is -2.44. The fraction of sp³-hybridized carbons (Fsp3) is 0.462. The molecule has 0 aromatic heterocycles. The molecule has 98 valence electrons. The van der Waals surface area contributed by atoms with Crippen LogP contribution < -0.4 is 16.0 Å². The highest BCUT2D eigenvalue weighted by Crippen LogP contribution is 2.27. The molecular weight excluding hydrogens is 233 g/mol. The predicted octanol–water partition coefficient (Wildman–Crippen LogP) is 1.51. The average molecular weight is 251 g/mol. The number of rotatable bonds is 2. The molecule has 4 nitrogen and oxygen atoms in total. The van der Waals surface area contributed by atoms with Crippen molar-refractivity contribution >= 4 is 17.3 Å². The van der Waals surface area contributed by atoms with Gasteiger partial charge in [0.15, 0.2) is 0 Å². The van der Waals surface area contributed by atoms with Crippen molar-refractivity contribution in [2.24, 2.45) is 0 Å². The summed E-state index contributed by atoms with van der Waals surface area (Å²) in [5, 5.41) is 2.91. The number of hydrogen-bond donors (Lipinski definition) is 2. The molecule has 2 rings (SSSR count). The number of carbonyl (C=O) groups excluding carboxylic acids is 1. The van der Waals surface area contributed by atoms with E-state index < -0.39 is 0 Å². The number of nitrogen functional groups attached to an aromatic ring is 1. The Kier molecular flexibility index (Phi) is 3.69. The number of carbonyl (C=O) groups is 1. The van der Waals surface area contributed by atoms with Crippen molar-refractivity contribution in [1.29, 1.82) is 0 Å². The van der Waals surface area contributed by atoms with E-state index in [1.165, 1.54) is 19.1 Å². The Morgan fingerprint density at radius 3 is 2.72 bits per heavy atom. The predicted molar refractivity (Wildman–Crippen MR) is 69.9 cm³/mol. The Morgan fingerprint density at radius 1 is 1.44 bits per heavy atom. The standard InChI is InChI=1S/C13H18FN3O/c1-9(18)16-11-4-6-17(7-5-11)13-8-10(14)2-3-12(13)15/h2-3,8,11H,4-7,15H2,1H3,(H,16,18). The molecule has 0 atom stereocenters. The minimum absolute atomic E-state index is 0.00119. The van der Waals surface area contributed by atoms with Gasteiger partial charge in [0.2, 0.25) is 5.91 Å². The highest BCUT2D eigenvalue weighted by Gasteiger charge is 2.21. The van der Waals surface area contributed by atoms with E-state index in [2.05, 4.69) is 10.2 Å². The van der Waals surface area contributed by atoms with Gasteiger partial charge >= 0.3 is 0 Å². The minimum Gasteiger partial charge on any atom is -0.397 e. The van der Waals surface area contributed by atoms with E-state index in [-0.39, 0.29) is 17.8 Å². The van der Waals surface area contributed by atoms with Gasteiger partial charge in [0.05, 0.1) is 11.4 Å². The van der Waals surface area contributed by atoms with Crippen molar-refractivity contribution in [3.8, 4) is 0 Å². The van der Waals surface area contributed by atoms with Gasteiger partial charge in [-0.2, -0.15) is 0 Å². The number of amides is 1. The zero-order valence-electron chi connectivity index (χ0n) is 10.4. The van der Waals surface area contributed by atoms with E-state index in [9.17, 15) is 9.18 Å². The molecule has 1 amide bonds. The highest BCUT2D eigenvalue weighted by molar-refractivity contribution is 5.73. The van der Waals surface area contributed by atoms with Crippen LogP contribution in [0.1, 0.15) is 19.8 Å². The quantitative estimate of drug-likeness (QED) is 0.783. The molecule has 0 aliphatic carbocycles. The van der Waals surface area contributed by atoms with Crippen LogP contribution in [0.2, 0.25) is 0 Å². The second-order valence-corrected chi connectivity index (χ2v) is 4.66. The number of piperidine rings is 1. The Balaban J connectivity index is 2.01. The average Bonchev–Trinajstić information content (AvgIpc) is 2.33. The van der Waals surface area contributed by atoms with Crippen LogP contribution in [0.5, 0.6) is 0 Å². The third-order valence-corrected chi connectivity index (χ3v) is 3.24. The van der Waals surface area contributed by atoms with E-state index >= 15 is 0 Å². The molecule has 18 heavy (non-hydrogen) atoms. The summed E-state index contributed by atoms with van der Waals surface area (Å²) in [6, 6.07) is 4.63. The fourth-order valence-corrected chi connectivity index (χ4v) is 2.34. The number of anilines is 2. The molecule has 1 aromatic rings. The van der Waals surface area contributed by atoms with Gasteiger partial charge in [0, 0.05) is 26.1 Å². The van der Waals surface area contributed by atoms with E-state index in [1.54, 1.807) is 6.07 Å². The highest BCUT2D eigenvalue weighted by atomic mass is 19.1. The summed E-state index contributed by atoms with van der Waals surface area (Å²) in [4.78, 5) is 13.0. The molecule has 5 heteroatoms. The first-order chi connectivity index (χ1) is 8.56. The first-order valence-corrected chi connectivity index (χ1v) is 6.13. The van der Waals surface area contributed by atoms with Gasteiger partial charge in [-0.05, 0) is 31.0 Å². The second-order valence-electron chi connectivity index (χ2n) is 4.66. The molecule has 1 aliphatic rings. The normalized spacial score (nSPS) is 16.7. The third kappa shape index (κ3) is 2.91. The molecule has 1 fully saturated rings. The smallest absolute Gasteiger partial charge is 0.217 e. The topological polar surface area (TPSA) is 58.4 Å². The number of nitrogens with two attached hydrogens (primary N) is 1. The lowest BCUT2D eigenvalue weighted by atomic mass is 10.0. The number of benzene rings is 1. The maximum Gasteiger partial charge on any atom is 0.217 e. The number of nitrogens with one attached hydrogen (secondary N) is 1. The summed E-state index contributed by atoms with van der Waals surface area (Å²) in [6.07, 6.45) is 1.71. The van der Waals surface area contributed by atoms with E-state index in [0.717, 1.165) is 31.6 Å². The van der Waals surface area contributed by atoms with Crippen molar-refractivity contribution in [3.63, 3.8) is 0 Å². The van der Waals surface area contributed by atoms with Gasteiger partial charge < -0.3 is 16.0 Å². The van der Waals surface area contributed by atoms with E-state index in [1.807, 2.05) is 0 Å². The molecule has 1 aliphatic heterocycles. The van der Waals surface area contributed by atoms with Crippen LogP contribution in [0.15, 0.2) is 18.2 Å². The van der Waals surface area contributed by atoms with Crippen molar-refractivity contribution in [2.75, 3.05) is 23.7 Å². The lowest BCUT2D eigenvalue weighted by molar-refractivity contribution is -0.119. The van der Waals surface area contributed by atoms with Gasteiger partial charge in [-0.25, -0.2) is 4.39 Å². The zero-order chi connectivity index (χ0) is 13.1. The van der Waals surface area contributed by atoms with Crippen LogP contribution in [0.25, 0.3) is 0 Å². The van der Waals surface area contributed by atoms with Crippen LogP contribution in [-0.2, 0) is 4.79 Å². The summed E-state index contributed by atoms with van der Waals surface area (Å²) in [5.74, 6) is -0.276. The molecule has 1 saturated heterocycles. The molecule has 0 saturated carbocycles. The van der Waals surface area contributed by atoms with Crippen LogP contribution in [-0.4, -0.2) is 25.0 Å². The van der Waals surface area contributed by atoms with Crippen molar-refractivity contribution in [1.82, 2.24) is 5.32 Å². The maximum absolute atomic E-state index is 13.2. The van der Waals surface area contributed by atoms with Crippen LogP contribution in [0.3, 0.4) is 0 Å². The van der Waals surface area contributed by atoms with Crippen molar-refractivity contribution in [2.45, 2.75) is 25.8 Å². The van der Waals surface area contributed by atoms with Gasteiger partial charge in [-0.15, -0.1) is 0 Å². The van der Waals surface area contributed by atoms with Gasteiger partial charge in [0.25, 0.3) is 0 Å². The molecule has 0 radical (unpaired) electrons. The van der Waals surface area contributed by atoms with Crippen LogP contribution in [0.4, 0.5) is 15.8 Å². The van der Waals surface area contributed by atoms with E-state index in [0.29, 0.717) is 5.69 Å². The van der Waals surface area contributed by atoms with Crippen LogP contribution in [0, 0.1) is 5.82 Å². The molecule has 3 N–H and O–H groups in total. The summed E-state index contributed by atoms with van der Waals surface area (Å²) in [7, 11) is 0. The molecular formula is C13H18FN3O. The van der Waals surface area contributed by atoms with Crippen LogP contribution >= 0.6 is 0 Å². The summed E-state index contributed by atoms with van der Waals surface area (Å²) >= 11 is 0. The van der Waals surface area contributed by atoms with Gasteiger partial charge in [0.1, 0.15) is 5.82 Å². The van der Waals surface area contributed by atoms with Gasteiger partial charge in [-0.1, -0.05) is 0 Å². The Bertz CT molecular complexity index is 442. The number of hydrogen-bond acceptors (Lipinski definition) is 3. The summed E-state index contributed by atoms with van der Waals surface area (Å²) < 4.78 is 13.2. The molecule has 0 unspecified atom stereocenters. The molecule has 1 aromatic carbocycles. The zero-order valence-corrected chi connectivity index (χ0v) is 10.4. The number of nitrogens with zero attached hydrogens (tertiary/aromatic N) is 1. The lowest BCUT2D eigenvalue weighted by Gasteiger charge is -2.34. The van der Waals surface area contributed by atoms with Crippen molar-refractivity contribution in [3.05, 3.63) is 24.0 Å². The Morgan fingerprint density at radius 2 is 2.11 bits per heavy atom. The molecule has 0 bridgehead atoms. The molecule has 0 spiro atoms. The second kappa shape index (κ2) is 5.25. The Labute approximate surface area is 106 Å². The maximum atomic E-state index is 13.2. The van der Waals surface area contributed by atoms with Gasteiger partial charge in [-0.3, -0.25) is 4.79 Å². The first-order valence-electron chi connectivity index (χ1n) is 6.13. The molecule has 1 heterocycles. The monoisotopic (exact) mass is 251 g/mol. The largest absolute Gasteiger partial charge is 0.397 e. The first kappa shape index (κ1) is 12.7. The summed E-state index contributed by atoms with van der Waals surface area (Å²) in [5.41, 5.74) is 7.20. The fourth-order valence-electron chi connectivity index (χ4n) is 2.34. The summed E-state index contributed by atoms with van der Waals surface area (Å²) in [6.45, 7) is 3.08. The Hall–Kier alpha value is -1.78.